The zero-order chi connectivity index (χ0) is 15.6. The topological polar surface area (TPSA) is 65.1 Å². The van der Waals surface area contributed by atoms with E-state index < -0.39 is 0 Å². The first-order valence-corrected chi connectivity index (χ1v) is 7.17. The van der Waals surface area contributed by atoms with Crippen molar-refractivity contribution in [1.82, 2.24) is 14.7 Å². The van der Waals surface area contributed by atoms with Crippen molar-refractivity contribution in [1.29, 1.82) is 0 Å². The highest BCUT2D eigenvalue weighted by atomic mass is 16.5. The van der Waals surface area contributed by atoms with Gasteiger partial charge in [-0.05, 0) is 34.6 Å². The maximum absolute atomic E-state index is 5.24. The third kappa shape index (κ3) is 3.26. The lowest BCUT2D eigenvalue weighted by Gasteiger charge is -2.19. The summed E-state index contributed by atoms with van der Waals surface area (Å²) in [5.74, 6) is 1.68. The predicted octanol–water partition coefficient (Wildman–Crippen LogP) is 3.18. The molecule has 2 atom stereocenters. The van der Waals surface area contributed by atoms with Crippen LogP contribution in [0.1, 0.15) is 48.6 Å². The van der Waals surface area contributed by atoms with Gasteiger partial charge in [0.05, 0.1) is 30.1 Å². The molecule has 0 amide bonds. The van der Waals surface area contributed by atoms with Crippen LogP contribution >= 0.6 is 0 Å². The maximum atomic E-state index is 5.24. The van der Waals surface area contributed by atoms with Gasteiger partial charge in [-0.1, -0.05) is 5.16 Å². The third-order valence-corrected chi connectivity index (χ3v) is 3.60. The Morgan fingerprint density at radius 3 is 2.62 bits per heavy atom. The van der Waals surface area contributed by atoms with Crippen LogP contribution in [0.2, 0.25) is 0 Å². The molecule has 6 heteroatoms. The van der Waals surface area contributed by atoms with Crippen molar-refractivity contribution in [2.24, 2.45) is 0 Å². The van der Waals surface area contributed by atoms with Crippen LogP contribution in [0.15, 0.2) is 10.7 Å². The minimum atomic E-state index is 0.0755. The molecule has 0 bridgehead atoms. The highest BCUT2D eigenvalue weighted by Crippen LogP contribution is 2.26. The Hall–Kier alpha value is -1.82. The van der Waals surface area contributed by atoms with Crippen LogP contribution in [0.3, 0.4) is 0 Å². The molecule has 21 heavy (non-hydrogen) atoms. The first-order chi connectivity index (χ1) is 9.93. The number of methoxy groups -OCH3 is 1. The lowest BCUT2D eigenvalue weighted by Crippen LogP contribution is -2.17. The van der Waals surface area contributed by atoms with Gasteiger partial charge in [0.2, 0.25) is 5.95 Å². The Morgan fingerprint density at radius 1 is 1.33 bits per heavy atom. The van der Waals surface area contributed by atoms with Gasteiger partial charge < -0.3 is 19.1 Å². The lowest BCUT2D eigenvalue weighted by atomic mass is 10.1. The third-order valence-electron chi connectivity index (χ3n) is 3.60. The Kier molecular flexibility index (Phi) is 4.67. The van der Waals surface area contributed by atoms with Gasteiger partial charge >= 0.3 is 0 Å². The molecule has 2 aromatic heterocycles. The summed E-state index contributed by atoms with van der Waals surface area (Å²) in [5.41, 5.74) is 2.97. The molecule has 0 aliphatic carbocycles. The van der Waals surface area contributed by atoms with Crippen LogP contribution in [-0.4, -0.2) is 28.4 Å². The summed E-state index contributed by atoms with van der Waals surface area (Å²) < 4.78 is 12.6. The average Bonchev–Trinajstić information content (AvgIpc) is 2.93. The Balaban J connectivity index is 2.23. The highest BCUT2D eigenvalue weighted by Gasteiger charge is 2.19. The zero-order valence-electron chi connectivity index (χ0n) is 13.6. The summed E-state index contributed by atoms with van der Waals surface area (Å²) in [6, 6.07) is 0.294. The van der Waals surface area contributed by atoms with Gasteiger partial charge in [0.25, 0.3) is 0 Å². The maximum Gasteiger partial charge on any atom is 0.203 e. The standard InChI is InChI=1S/C15H24N4O2/c1-9-7-19(10(2)8-20-6)15(16-9)17-11(3)14-12(4)18-21-13(14)5/h7,10-11H,8H2,1-6H3,(H,16,17). The number of nitrogens with zero attached hydrogens (tertiary/aromatic N) is 3. The van der Waals surface area contributed by atoms with E-state index in [9.17, 15) is 0 Å². The van der Waals surface area contributed by atoms with E-state index in [4.69, 9.17) is 9.26 Å². The van der Waals surface area contributed by atoms with Crippen molar-refractivity contribution in [3.05, 3.63) is 28.9 Å². The molecule has 6 nitrogen and oxygen atoms in total. The van der Waals surface area contributed by atoms with E-state index in [2.05, 4.69) is 33.9 Å². The van der Waals surface area contributed by atoms with Gasteiger partial charge in [0.1, 0.15) is 5.76 Å². The molecule has 2 heterocycles. The quantitative estimate of drug-likeness (QED) is 0.886. The number of nitrogens with one attached hydrogen (secondary N) is 1. The fourth-order valence-electron chi connectivity index (χ4n) is 2.65. The minimum absolute atomic E-state index is 0.0755. The second-order valence-corrected chi connectivity index (χ2v) is 5.52. The van der Waals surface area contributed by atoms with Crippen molar-refractivity contribution in [2.75, 3.05) is 19.0 Å². The van der Waals surface area contributed by atoms with Crippen molar-refractivity contribution in [3.63, 3.8) is 0 Å². The van der Waals surface area contributed by atoms with E-state index in [0.717, 1.165) is 28.7 Å². The number of imidazole rings is 1. The van der Waals surface area contributed by atoms with E-state index in [1.54, 1.807) is 7.11 Å². The molecule has 0 saturated carbocycles. The molecule has 2 rings (SSSR count). The molecule has 116 valence electrons. The number of rotatable bonds is 6. The Labute approximate surface area is 125 Å². The summed E-state index contributed by atoms with van der Waals surface area (Å²) in [7, 11) is 1.71. The molecular formula is C15H24N4O2. The molecule has 0 radical (unpaired) electrons. The van der Waals surface area contributed by atoms with Crippen molar-refractivity contribution < 1.29 is 9.26 Å². The molecule has 0 fully saturated rings. The van der Waals surface area contributed by atoms with Crippen LogP contribution in [0, 0.1) is 20.8 Å². The zero-order valence-corrected chi connectivity index (χ0v) is 13.6. The fraction of sp³-hybridized carbons (Fsp3) is 0.600. The normalized spacial score (nSPS) is 14.2. The number of hydrogen-bond donors (Lipinski definition) is 1. The molecule has 2 aromatic rings. The van der Waals surface area contributed by atoms with Gasteiger partial charge in [-0.25, -0.2) is 4.98 Å². The van der Waals surface area contributed by atoms with Gasteiger partial charge in [0.15, 0.2) is 0 Å². The molecule has 0 aromatic carbocycles. The van der Waals surface area contributed by atoms with Crippen molar-refractivity contribution >= 4 is 5.95 Å². The van der Waals surface area contributed by atoms with E-state index in [0.29, 0.717) is 6.61 Å². The molecule has 0 aliphatic heterocycles. The summed E-state index contributed by atoms with van der Waals surface area (Å²) in [5, 5.41) is 7.46. The molecule has 0 aliphatic rings. The molecular weight excluding hydrogens is 268 g/mol. The molecule has 2 unspecified atom stereocenters. The summed E-state index contributed by atoms with van der Waals surface area (Å²) >= 11 is 0. The molecule has 0 spiro atoms. The number of hydrogen-bond acceptors (Lipinski definition) is 5. The fourth-order valence-corrected chi connectivity index (χ4v) is 2.65. The number of aryl methyl sites for hydroxylation is 3. The summed E-state index contributed by atoms with van der Waals surface area (Å²) in [6.07, 6.45) is 2.03. The smallest absolute Gasteiger partial charge is 0.203 e. The summed E-state index contributed by atoms with van der Waals surface area (Å²) in [6.45, 7) is 10.7. The van der Waals surface area contributed by atoms with E-state index >= 15 is 0 Å². The van der Waals surface area contributed by atoms with Crippen molar-refractivity contribution in [2.45, 2.75) is 46.7 Å². The second-order valence-electron chi connectivity index (χ2n) is 5.52. The minimum Gasteiger partial charge on any atom is -0.383 e. The predicted molar refractivity (Wildman–Crippen MR) is 81.6 cm³/mol. The van der Waals surface area contributed by atoms with Gasteiger partial charge in [-0.15, -0.1) is 0 Å². The first kappa shape index (κ1) is 15.6. The van der Waals surface area contributed by atoms with E-state index in [1.807, 2.05) is 27.0 Å². The van der Waals surface area contributed by atoms with Crippen molar-refractivity contribution in [3.8, 4) is 0 Å². The van der Waals surface area contributed by atoms with Crippen LogP contribution in [0.25, 0.3) is 0 Å². The molecule has 1 N–H and O–H groups in total. The number of anilines is 1. The van der Waals surface area contributed by atoms with Gasteiger partial charge in [0, 0.05) is 18.9 Å². The van der Waals surface area contributed by atoms with Gasteiger partial charge in [-0.2, -0.15) is 0 Å². The average molecular weight is 292 g/mol. The number of aromatic nitrogens is 3. The number of ether oxygens (including phenoxy) is 1. The van der Waals surface area contributed by atoms with Crippen LogP contribution in [0.5, 0.6) is 0 Å². The van der Waals surface area contributed by atoms with Crippen LogP contribution in [-0.2, 0) is 4.74 Å². The van der Waals surface area contributed by atoms with E-state index in [-0.39, 0.29) is 12.1 Å². The lowest BCUT2D eigenvalue weighted by molar-refractivity contribution is 0.163. The molecule has 0 saturated heterocycles. The monoisotopic (exact) mass is 292 g/mol. The Bertz CT molecular complexity index is 583. The SMILES string of the molecule is COCC(C)n1cc(C)nc1NC(C)c1c(C)noc1C. The Morgan fingerprint density at radius 2 is 2.05 bits per heavy atom. The first-order valence-electron chi connectivity index (χ1n) is 7.17. The van der Waals surface area contributed by atoms with Gasteiger partial charge in [-0.3, -0.25) is 0 Å². The summed E-state index contributed by atoms with van der Waals surface area (Å²) in [4.78, 5) is 4.57. The largest absolute Gasteiger partial charge is 0.383 e. The van der Waals surface area contributed by atoms with Crippen LogP contribution < -0.4 is 5.32 Å². The van der Waals surface area contributed by atoms with Crippen LogP contribution in [0.4, 0.5) is 5.95 Å². The van der Waals surface area contributed by atoms with E-state index in [1.165, 1.54) is 0 Å². The second kappa shape index (κ2) is 6.30. The highest BCUT2D eigenvalue weighted by molar-refractivity contribution is 5.36.